The smallest absolute Gasteiger partial charge is 0.266 e. The normalized spacial score (nSPS) is 11.5. The number of alkyl halides is 2. The fraction of sp³-hybridized carbons (Fsp3) is 0.133. The summed E-state index contributed by atoms with van der Waals surface area (Å²) >= 11 is 0. The summed E-state index contributed by atoms with van der Waals surface area (Å²) in [7, 11) is 0. The number of hydrogen-bond acceptors (Lipinski definition) is 4. The van der Waals surface area contributed by atoms with E-state index in [9.17, 15) is 13.2 Å². The van der Waals surface area contributed by atoms with Crippen LogP contribution in [0.25, 0.3) is 0 Å². The molecule has 0 aliphatic carbocycles. The summed E-state index contributed by atoms with van der Waals surface area (Å²) in [5.41, 5.74) is 5.90. The Kier molecular flexibility index (Phi) is 5.24. The van der Waals surface area contributed by atoms with E-state index in [4.69, 9.17) is 5.73 Å². The lowest BCUT2D eigenvalue weighted by Crippen LogP contribution is -2.13. The van der Waals surface area contributed by atoms with Crippen LogP contribution in [0.1, 0.15) is 12.0 Å². The number of nitrogens with zero attached hydrogens (tertiary/aromatic N) is 1. The predicted octanol–water partition coefficient (Wildman–Crippen LogP) is 3.48. The van der Waals surface area contributed by atoms with Gasteiger partial charge in [0, 0.05) is 23.8 Å². The van der Waals surface area contributed by atoms with Crippen molar-refractivity contribution in [3.63, 3.8) is 0 Å². The number of benzene rings is 1. The number of nitrogens with one attached hydrogen (secondary N) is 2. The van der Waals surface area contributed by atoms with E-state index in [1.54, 1.807) is 18.3 Å². The van der Waals surface area contributed by atoms with Crippen LogP contribution in [0.2, 0.25) is 0 Å². The largest absolute Gasteiger partial charge is 0.399 e. The molecule has 0 fully saturated rings. The molecule has 0 saturated carbocycles. The highest BCUT2D eigenvalue weighted by atomic mass is 19.3. The van der Waals surface area contributed by atoms with E-state index in [2.05, 4.69) is 15.6 Å². The van der Waals surface area contributed by atoms with Gasteiger partial charge in [0.2, 0.25) is 0 Å². The minimum Gasteiger partial charge on any atom is -0.399 e. The molecule has 0 saturated heterocycles. The monoisotopic (exact) mass is 308 g/mol. The zero-order chi connectivity index (χ0) is 15.9. The van der Waals surface area contributed by atoms with Crippen molar-refractivity contribution in [2.24, 2.45) is 5.73 Å². The van der Waals surface area contributed by atoms with E-state index in [0.29, 0.717) is 23.7 Å². The van der Waals surface area contributed by atoms with E-state index in [0.717, 1.165) is 12.1 Å². The molecule has 22 heavy (non-hydrogen) atoms. The lowest BCUT2D eigenvalue weighted by atomic mass is 10.2. The molecule has 1 heterocycles. The summed E-state index contributed by atoms with van der Waals surface area (Å²) in [6, 6.07) is 8.81. The van der Waals surface area contributed by atoms with Crippen LogP contribution in [0.3, 0.4) is 0 Å². The molecular weight excluding hydrogens is 293 g/mol. The lowest BCUT2D eigenvalue weighted by molar-refractivity contribution is 0.146. The van der Waals surface area contributed by atoms with Gasteiger partial charge in [-0.25, -0.2) is 18.2 Å². The molecule has 4 nitrogen and oxygen atoms in total. The van der Waals surface area contributed by atoms with Gasteiger partial charge in [0.25, 0.3) is 6.43 Å². The molecule has 1 aromatic heterocycles. The van der Waals surface area contributed by atoms with Crippen molar-refractivity contribution in [3.8, 4) is 0 Å². The Hall–Kier alpha value is -2.70. The third-order valence-electron chi connectivity index (χ3n) is 2.79. The lowest BCUT2D eigenvalue weighted by Gasteiger charge is -2.08. The van der Waals surface area contributed by atoms with Crippen molar-refractivity contribution in [1.29, 1.82) is 0 Å². The molecule has 7 heteroatoms. The van der Waals surface area contributed by atoms with Crippen molar-refractivity contribution in [3.05, 3.63) is 65.9 Å². The number of aromatic nitrogens is 1. The molecule has 0 aliphatic rings. The van der Waals surface area contributed by atoms with Crippen LogP contribution in [-0.2, 0) is 0 Å². The Morgan fingerprint density at radius 2 is 2.09 bits per heavy atom. The Balaban J connectivity index is 1.94. The van der Waals surface area contributed by atoms with Crippen LogP contribution in [0.15, 0.2) is 54.5 Å². The van der Waals surface area contributed by atoms with E-state index in [-0.39, 0.29) is 0 Å². The summed E-state index contributed by atoms with van der Waals surface area (Å²) in [6.45, 7) is 0.326. The molecule has 0 amide bonds. The Labute approximate surface area is 125 Å². The van der Waals surface area contributed by atoms with Gasteiger partial charge in [-0.3, -0.25) is 0 Å². The third-order valence-corrected chi connectivity index (χ3v) is 2.79. The molecule has 2 aromatic rings. The Morgan fingerprint density at radius 1 is 1.27 bits per heavy atom. The summed E-state index contributed by atoms with van der Waals surface area (Å²) in [6.07, 6.45) is 0.234. The number of halogens is 3. The van der Waals surface area contributed by atoms with E-state index in [1.165, 1.54) is 12.3 Å². The topological polar surface area (TPSA) is 63.0 Å². The molecule has 0 spiro atoms. The molecule has 0 bridgehead atoms. The third kappa shape index (κ3) is 4.41. The molecule has 116 valence electrons. The van der Waals surface area contributed by atoms with Gasteiger partial charge in [-0.2, -0.15) is 0 Å². The average molecular weight is 308 g/mol. The molecule has 1 aromatic carbocycles. The van der Waals surface area contributed by atoms with Crippen molar-refractivity contribution in [2.45, 2.75) is 6.43 Å². The summed E-state index contributed by atoms with van der Waals surface area (Å²) < 4.78 is 38.3. The van der Waals surface area contributed by atoms with Crippen molar-refractivity contribution in [1.82, 2.24) is 4.98 Å². The highest BCUT2D eigenvalue weighted by Gasteiger charge is 2.13. The second-order valence-corrected chi connectivity index (χ2v) is 4.47. The minimum atomic E-state index is -2.87. The average Bonchev–Trinajstić information content (AvgIpc) is 2.53. The van der Waals surface area contributed by atoms with Gasteiger partial charge in [0.05, 0.1) is 12.1 Å². The minimum absolute atomic E-state index is 0.326. The first-order valence-corrected chi connectivity index (χ1v) is 6.50. The quantitative estimate of drug-likeness (QED) is 0.764. The fourth-order valence-corrected chi connectivity index (χ4v) is 1.69. The Morgan fingerprint density at radius 3 is 2.77 bits per heavy atom. The van der Waals surface area contributed by atoms with Crippen LogP contribution in [0, 0.1) is 5.82 Å². The van der Waals surface area contributed by atoms with Crippen LogP contribution in [-0.4, -0.2) is 11.5 Å². The van der Waals surface area contributed by atoms with Gasteiger partial charge in [-0.05, 0) is 30.3 Å². The van der Waals surface area contributed by atoms with Gasteiger partial charge in [-0.1, -0.05) is 6.07 Å². The van der Waals surface area contributed by atoms with Gasteiger partial charge in [0.1, 0.15) is 11.6 Å². The second kappa shape index (κ2) is 7.35. The number of hydrogen-bond donors (Lipinski definition) is 3. The Bertz CT molecular complexity index is 644. The van der Waals surface area contributed by atoms with Crippen LogP contribution < -0.4 is 16.4 Å². The zero-order valence-corrected chi connectivity index (χ0v) is 11.6. The molecule has 0 atom stereocenters. The maximum Gasteiger partial charge on any atom is 0.266 e. The SMILES string of the molecule is N/C(=C\Nc1ccc(F)c(C(F)F)c1)CNc1ccccn1. The number of rotatable bonds is 6. The maximum absolute atomic E-state index is 13.2. The van der Waals surface area contributed by atoms with Gasteiger partial charge in [0.15, 0.2) is 0 Å². The van der Waals surface area contributed by atoms with Crippen molar-refractivity contribution in [2.75, 3.05) is 17.2 Å². The van der Waals surface area contributed by atoms with E-state index < -0.39 is 17.8 Å². The molecule has 0 unspecified atom stereocenters. The second-order valence-electron chi connectivity index (χ2n) is 4.47. The fourth-order valence-electron chi connectivity index (χ4n) is 1.69. The number of pyridine rings is 1. The van der Waals surface area contributed by atoms with Crippen molar-refractivity contribution < 1.29 is 13.2 Å². The summed E-state index contributed by atoms with van der Waals surface area (Å²) in [4.78, 5) is 4.07. The first-order valence-electron chi connectivity index (χ1n) is 6.50. The maximum atomic E-state index is 13.2. The molecule has 2 rings (SSSR count). The summed E-state index contributed by atoms with van der Waals surface area (Å²) in [5, 5.41) is 5.75. The predicted molar refractivity (Wildman–Crippen MR) is 80.0 cm³/mol. The molecule has 0 radical (unpaired) electrons. The van der Waals surface area contributed by atoms with Gasteiger partial charge < -0.3 is 16.4 Å². The molecule has 0 aliphatic heterocycles. The number of anilines is 2. The van der Waals surface area contributed by atoms with E-state index in [1.807, 2.05) is 6.07 Å². The highest BCUT2D eigenvalue weighted by Crippen LogP contribution is 2.25. The number of nitrogens with two attached hydrogens (primary N) is 1. The molecule has 4 N–H and O–H groups in total. The van der Waals surface area contributed by atoms with Gasteiger partial charge >= 0.3 is 0 Å². The molecular formula is C15H15F3N4. The van der Waals surface area contributed by atoms with Crippen LogP contribution in [0.5, 0.6) is 0 Å². The highest BCUT2D eigenvalue weighted by molar-refractivity contribution is 5.49. The van der Waals surface area contributed by atoms with Crippen LogP contribution >= 0.6 is 0 Å². The standard InChI is InChI=1S/C15H15F3N4/c16-13-5-4-11(7-12(13)15(17)18)21-8-10(19)9-22-14-3-1-2-6-20-14/h1-8,15,21H,9,19H2,(H,20,22)/b10-8-. The zero-order valence-electron chi connectivity index (χ0n) is 11.6. The van der Waals surface area contributed by atoms with Crippen LogP contribution in [0.4, 0.5) is 24.7 Å². The van der Waals surface area contributed by atoms with Gasteiger partial charge in [-0.15, -0.1) is 0 Å². The first-order chi connectivity index (χ1) is 10.6. The first kappa shape index (κ1) is 15.7. The van der Waals surface area contributed by atoms with Crippen molar-refractivity contribution >= 4 is 11.5 Å². The summed E-state index contributed by atoms with van der Waals surface area (Å²) in [5.74, 6) is -0.269. The van der Waals surface area contributed by atoms with E-state index >= 15 is 0 Å².